The van der Waals surface area contributed by atoms with Crippen LogP contribution < -0.4 is 5.32 Å². The van der Waals surface area contributed by atoms with E-state index >= 15 is 0 Å². The maximum atomic E-state index is 10.0. The van der Waals surface area contributed by atoms with Gasteiger partial charge in [0.25, 0.3) is 0 Å². The third kappa shape index (κ3) is 9.27. The first-order chi connectivity index (χ1) is 13.5. The van der Waals surface area contributed by atoms with E-state index in [9.17, 15) is 5.11 Å². The van der Waals surface area contributed by atoms with E-state index in [0.29, 0.717) is 13.2 Å². The van der Waals surface area contributed by atoms with Crippen LogP contribution in [-0.4, -0.2) is 53.1 Å². The summed E-state index contributed by atoms with van der Waals surface area (Å²) in [5.74, 6) is -3.65. The first-order valence-electron chi connectivity index (χ1n) is 9.02. The van der Waals surface area contributed by atoms with E-state index in [-0.39, 0.29) is 6.10 Å². The van der Waals surface area contributed by atoms with E-state index in [1.165, 1.54) is 0 Å². The molecular weight excluding hydrogens is 362 g/mol. The number of carbonyl (C=O) groups is 2. The number of hydrogen-bond donors (Lipinski definition) is 4. The van der Waals surface area contributed by atoms with Crippen molar-refractivity contribution in [2.45, 2.75) is 25.6 Å². The molecule has 0 saturated carbocycles. The average Bonchev–Trinajstić information content (AvgIpc) is 2.70. The maximum absolute atomic E-state index is 10.0. The van der Waals surface area contributed by atoms with Gasteiger partial charge in [0.1, 0.15) is 6.10 Å². The van der Waals surface area contributed by atoms with Gasteiger partial charge in [-0.1, -0.05) is 67.6 Å². The quantitative estimate of drug-likeness (QED) is 0.384. The van der Waals surface area contributed by atoms with Crippen molar-refractivity contribution in [1.82, 2.24) is 5.32 Å². The van der Waals surface area contributed by atoms with Crippen molar-refractivity contribution < 1.29 is 29.6 Å². The van der Waals surface area contributed by atoms with Gasteiger partial charge in [-0.25, -0.2) is 9.59 Å². The minimum absolute atomic E-state index is 0.150. The summed E-state index contributed by atoms with van der Waals surface area (Å²) in [5, 5.41) is 28.0. The highest BCUT2D eigenvalue weighted by Crippen LogP contribution is 2.25. The summed E-state index contributed by atoms with van der Waals surface area (Å²) in [5.41, 5.74) is 2.20. The number of rotatable bonds is 9. The van der Waals surface area contributed by atoms with Crippen molar-refractivity contribution in [3.63, 3.8) is 0 Å². The van der Waals surface area contributed by atoms with E-state index in [1.807, 2.05) is 36.4 Å². The van der Waals surface area contributed by atoms with E-state index in [4.69, 9.17) is 24.5 Å². The zero-order chi connectivity index (χ0) is 20.8. The standard InChI is InChI=1S/C19H25NO2.C2H2O4/c1-2-13-20-14-18(21)15-22-19(16-9-5-3-6-10-16)17-11-7-4-8-12-17;3-1(4)2(5)6/h3-12,18-21H,2,13-15H2,1H3;(H,3,4)(H,5,6). The van der Waals surface area contributed by atoms with Crippen LogP contribution in [0.3, 0.4) is 0 Å². The smallest absolute Gasteiger partial charge is 0.414 e. The number of carboxylic acid groups (broad SMARTS) is 2. The molecule has 0 heterocycles. The number of carboxylic acids is 2. The Balaban J connectivity index is 0.000000568. The van der Waals surface area contributed by atoms with Gasteiger partial charge in [0.15, 0.2) is 0 Å². The minimum Gasteiger partial charge on any atom is -0.473 e. The van der Waals surface area contributed by atoms with Crippen molar-refractivity contribution in [2.75, 3.05) is 19.7 Å². The molecule has 2 aromatic rings. The molecule has 4 N–H and O–H groups in total. The molecule has 0 aliphatic rings. The SMILES string of the molecule is CCCNCC(O)COC(c1ccccc1)c1ccccc1.O=C(O)C(=O)O. The summed E-state index contributed by atoms with van der Waals surface area (Å²) in [7, 11) is 0. The highest BCUT2D eigenvalue weighted by Gasteiger charge is 2.16. The average molecular weight is 389 g/mol. The molecule has 0 saturated heterocycles. The van der Waals surface area contributed by atoms with Crippen LogP contribution >= 0.6 is 0 Å². The van der Waals surface area contributed by atoms with Gasteiger partial charge in [-0.05, 0) is 24.1 Å². The number of ether oxygens (including phenoxy) is 1. The monoisotopic (exact) mass is 389 g/mol. The van der Waals surface area contributed by atoms with Crippen LogP contribution in [-0.2, 0) is 14.3 Å². The fourth-order valence-electron chi connectivity index (χ4n) is 2.35. The fourth-order valence-corrected chi connectivity index (χ4v) is 2.35. The third-order valence-electron chi connectivity index (χ3n) is 3.65. The molecule has 2 aromatic carbocycles. The molecule has 1 atom stereocenters. The van der Waals surface area contributed by atoms with Gasteiger partial charge < -0.3 is 25.4 Å². The van der Waals surface area contributed by atoms with Crippen LogP contribution in [0, 0.1) is 0 Å². The molecule has 152 valence electrons. The predicted octanol–water partition coefficient (Wildman–Crippen LogP) is 2.31. The predicted molar refractivity (Wildman–Crippen MR) is 105 cm³/mol. The molecule has 0 spiro atoms. The molecule has 1 unspecified atom stereocenters. The lowest BCUT2D eigenvalue weighted by molar-refractivity contribution is -0.159. The molecule has 0 amide bonds. The second kappa shape index (κ2) is 13.4. The molecule has 0 radical (unpaired) electrons. The van der Waals surface area contributed by atoms with Crippen molar-refractivity contribution in [2.24, 2.45) is 0 Å². The number of hydrogen-bond acceptors (Lipinski definition) is 5. The van der Waals surface area contributed by atoms with Crippen LogP contribution in [0.25, 0.3) is 0 Å². The lowest BCUT2D eigenvalue weighted by atomic mass is 10.0. The van der Waals surface area contributed by atoms with Gasteiger partial charge in [0.05, 0.1) is 12.7 Å². The van der Waals surface area contributed by atoms with Gasteiger partial charge in [-0.2, -0.15) is 0 Å². The van der Waals surface area contributed by atoms with Crippen LogP contribution in [0.4, 0.5) is 0 Å². The topological polar surface area (TPSA) is 116 Å². The Morgan fingerprint density at radius 1 is 0.929 bits per heavy atom. The molecule has 0 fully saturated rings. The summed E-state index contributed by atoms with van der Waals surface area (Å²) in [4.78, 5) is 18.2. The molecule has 0 bridgehead atoms. The lowest BCUT2D eigenvalue weighted by Gasteiger charge is -2.21. The summed E-state index contributed by atoms with van der Waals surface area (Å²) in [6.07, 6.45) is 0.411. The second-order valence-electron chi connectivity index (χ2n) is 6.00. The molecule has 0 aliphatic carbocycles. The van der Waals surface area contributed by atoms with Gasteiger partial charge in [0, 0.05) is 6.54 Å². The van der Waals surface area contributed by atoms with Crippen LogP contribution in [0.1, 0.15) is 30.6 Å². The van der Waals surface area contributed by atoms with E-state index in [0.717, 1.165) is 24.1 Å². The maximum Gasteiger partial charge on any atom is 0.414 e. The summed E-state index contributed by atoms with van der Waals surface area (Å²) in [6.45, 7) is 3.89. The number of aliphatic hydroxyl groups is 1. The van der Waals surface area contributed by atoms with E-state index < -0.39 is 18.0 Å². The van der Waals surface area contributed by atoms with E-state index in [1.54, 1.807) is 0 Å². The highest BCUT2D eigenvalue weighted by molar-refractivity contribution is 6.27. The minimum atomic E-state index is -1.82. The number of benzene rings is 2. The van der Waals surface area contributed by atoms with Crippen molar-refractivity contribution in [1.29, 1.82) is 0 Å². The molecular formula is C21H27NO6. The summed E-state index contributed by atoms with van der Waals surface area (Å²) in [6, 6.07) is 20.2. The first-order valence-corrected chi connectivity index (χ1v) is 9.02. The number of aliphatic carboxylic acids is 2. The Labute approximate surface area is 164 Å². The van der Waals surface area contributed by atoms with Gasteiger partial charge in [-0.3, -0.25) is 0 Å². The largest absolute Gasteiger partial charge is 0.473 e. The fraction of sp³-hybridized carbons (Fsp3) is 0.333. The van der Waals surface area contributed by atoms with Crippen molar-refractivity contribution >= 4 is 11.9 Å². The summed E-state index contributed by atoms with van der Waals surface area (Å²) >= 11 is 0. The summed E-state index contributed by atoms with van der Waals surface area (Å²) < 4.78 is 6.02. The van der Waals surface area contributed by atoms with Gasteiger partial charge in [0.2, 0.25) is 0 Å². The molecule has 0 aliphatic heterocycles. The van der Waals surface area contributed by atoms with Gasteiger partial charge in [-0.15, -0.1) is 0 Å². The number of nitrogens with one attached hydrogen (secondary N) is 1. The van der Waals surface area contributed by atoms with E-state index in [2.05, 4.69) is 36.5 Å². The Hall–Kier alpha value is -2.74. The van der Waals surface area contributed by atoms with Crippen LogP contribution in [0.2, 0.25) is 0 Å². The molecule has 28 heavy (non-hydrogen) atoms. The zero-order valence-corrected chi connectivity index (χ0v) is 15.8. The van der Waals surface area contributed by atoms with Gasteiger partial charge >= 0.3 is 11.9 Å². The number of aliphatic hydroxyl groups excluding tert-OH is 1. The van der Waals surface area contributed by atoms with Crippen molar-refractivity contribution in [3.8, 4) is 0 Å². The molecule has 2 rings (SSSR count). The highest BCUT2D eigenvalue weighted by atomic mass is 16.5. The van der Waals surface area contributed by atoms with Crippen LogP contribution in [0.15, 0.2) is 60.7 Å². The lowest BCUT2D eigenvalue weighted by Crippen LogP contribution is -2.31. The molecule has 7 nitrogen and oxygen atoms in total. The van der Waals surface area contributed by atoms with Crippen molar-refractivity contribution in [3.05, 3.63) is 71.8 Å². The Morgan fingerprint density at radius 2 is 1.39 bits per heavy atom. The first kappa shape index (κ1) is 23.3. The molecule has 0 aromatic heterocycles. The van der Waals surface area contributed by atoms with Crippen LogP contribution in [0.5, 0.6) is 0 Å². The zero-order valence-electron chi connectivity index (χ0n) is 15.8. The Morgan fingerprint density at radius 3 is 1.79 bits per heavy atom. The Bertz CT molecular complexity index is 641. The molecule has 7 heteroatoms. The normalized spacial score (nSPS) is 11.4. The second-order valence-corrected chi connectivity index (χ2v) is 6.00. The third-order valence-corrected chi connectivity index (χ3v) is 3.65. The Kier molecular flexibility index (Phi) is 11.2.